The van der Waals surface area contributed by atoms with Gasteiger partial charge in [-0.2, -0.15) is 5.26 Å². The molecule has 0 aromatic carbocycles. The van der Waals surface area contributed by atoms with Gasteiger partial charge in [0.2, 0.25) is 5.76 Å². The lowest BCUT2D eigenvalue weighted by atomic mass is 10.1. The zero-order chi connectivity index (χ0) is 15.4. The van der Waals surface area contributed by atoms with E-state index in [1.54, 1.807) is 6.07 Å². The van der Waals surface area contributed by atoms with Gasteiger partial charge < -0.3 is 4.42 Å². The maximum atomic E-state index is 8.79. The molecule has 0 radical (unpaired) electrons. The van der Waals surface area contributed by atoms with E-state index in [0.717, 1.165) is 44.2 Å². The van der Waals surface area contributed by atoms with Crippen molar-refractivity contribution in [2.24, 2.45) is 0 Å². The Morgan fingerprint density at radius 1 is 1.23 bits per heavy atom. The molecule has 1 fully saturated rings. The largest absolute Gasteiger partial charge is 0.449 e. The first-order chi connectivity index (χ1) is 10.8. The number of hydrogen-bond donors (Lipinski definition) is 0. The van der Waals surface area contributed by atoms with Gasteiger partial charge in [-0.1, -0.05) is 6.07 Å². The number of aromatic nitrogens is 1. The zero-order valence-electron chi connectivity index (χ0n) is 12.8. The third-order valence-electron chi connectivity index (χ3n) is 4.22. The molecule has 114 valence electrons. The molecule has 2 aromatic heterocycles. The van der Waals surface area contributed by atoms with Crippen molar-refractivity contribution in [2.75, 3.05) is 26.2 Å². The van der Waals surface area contributed by atoms with Gasteiger partial charge in [-0.3, -0.25) is 14.8 Å². The van der Waals surface area contributed by atoms with Crippen molar-refractivity contribution < 1.29 is 4.42 Å². The predicted molar refractivity (Wildman–Crippen MR) is 82.9 cm³/mol. The Balaban J connectivity index is 1.53. The molecule has 0 amide bonds. The van der Waals surface area contributed by atoms with E-state index in [1.165, 1.54) is 0 Å². The Kier molecular flexibility index (Phi) is 4.52. The van der Waals surface area contributed by atoms with E-state index in [4.69, 9.17) is 9.68 Å². The van der Waals surface area contributed by atoms with E-state index in [2.05, 4.69) is 27.8 Å². The molecule has 1 aliphatic rings. The van der Waals surface area contributed by atoms with E-state index < -0.39 is 0 Å². The molecule has 0 bridgehead atoms. The molecule has 0 spiro atoms. The fourth-order valence-corrected chi connectivity index (χ4v) is 2.86. The second kappa shape index (κ2) is 6.73. The van der Waals surface area contributed by atoms with Gasteiger partial charge in [-0.15, -0.1) is 0 Å². The Labute approximate surface area is 130 Å². The normalized spacial score (nSPS) is 18.0. The van der Waals surface area contributed by atoms with Gasteiger partial charge in [0.1, 0.15) is 11.8 Å². The highest BCUT2D eigenvalue weighted by Gasteiger charge is 2.23. The van der Waals surface area contributed by atoms with Crippen LogP contribution in [0.4, 0.5) is 0 Å². The molecule has 0 N–H and O–H groups in total. The summed E-state index contributed by atoms with van der Waals surface area (Å²) in [5, 5.41) is 8.79. The summed E-state index contributed by atoms with van der Waals surface area (Å²) >= 11 is 0. The molecule has 3 rings (SSSR count). The minimum absolute atomic E-state index is 0.345. The van der Waals surface area contributed by atoms with Gasteiger partial charge in [0.05, 0.1) is 12.2 Å². The Morgan fingerprint density at radius 2 is 2.05 bits per heavy atom. The summed E-state index contributed by atoms with van der Waals surface area (Å²) < 4.78 is 5.45. The second-order valence-electron chi connectivity index (χ2n) is 5.62. The molecule has 1 atom stereocenters. The van der Waals surface area contributed by atoms with Crippen molar-refractivity contribution in [3.63, 3.8) is 0 Å². The van der Waals surface area contributed by atoms with Crippen LogP contribution in [0.15, 0.2) is 40.9 Å². The predicted octanol–water partition coefficient (Wildman–Crippen LogP) is 2.43. The van der Waals surface area contributed by atoms with Crippen LogP contribution in [0.25, 0.3) is 0 Å². The van der Waals surface area contributed by atoms with Crippen LogP contribution in [-0.4, -0.2) is 41.0 Å². The summed E-state index contributed by atoms with van der Waals surface area (Å²) in [5.41, 5.74) is 1.13. The summed E-state index contributed by atoms with van der Waals surface area (Å²) in [6.45, 7) is 7.02. The average Bonchev–Trinajstić information content (AvgIpc) is 3.03. The number of piperazine rings is 1. The molecule has 3 heterocycles. The summed E-state index contributed by atoms with van der Waals surface area (Å²) in [6.07, 6.45) is 1.85. The van der Waals surface area contributed by atoms with Crippen LogP contribution >= 0.6 is 0 Å². The average molecular weight is 296 g/mol. The number of nitrogens with zero attached hydrogens (tertiary/aromatic N) is 4. The van der Waals surface area contributed by atoms with Crippen molar-refractivity contribution >= 4 is 0 Å². The SMILES string of the molecule is C[C@@H](c1ccccn1)N1CCN(Cc2ccc(C#N)o2)CC1. The maximum Gasteiger partial charge on any atom is 0.203 e. The van der Waals surface area contributed by atoms with Crippen LogP contribution in [0.5, 0.6) is 0 Å². The highest BCUT2D eigenvalue weighted by Crippen LogP contribution is 2.20. The first-order valence-electron chi connectivity index (χ1n) is 7.62. The van der Waals surface area contributed by atoms with Gasteiger partial charge in [-0.05, 0) is 31.2 Å². The zero-order valence-corrected chi connectivity index (χ0v) is 12.8. The number of pyridine rings is 1. The Hall–Kier alpha value is -2.16. The van der Waals surface area contributed by atoms with Crippen LogP contribution in [0, 0.1) is 11.3 Å². The van der Waals surface area contributed by atoms with Gasteiger partial charge in [0, 0.05) is 38.4 Å². The van der Waals surface area contributed by atoms with Gasteiger partial charge in [0.15, 0.2) is 0 Å². The molecule has 22 heavy (non-hydrogen) atoms. The number of furan rings is 1. The third kappa shape index (κ3) is 3.35. The monoisotopic (exact) mass is 296 g/mol. The molecule has 5 nitrogen and oxygen atoms in total. The van der Waals surface area contributed by atoms with E-state index in [1.807, 2.05) is 30.5 Å². The molecule has 0 saturated carbocycles. The smallest absolute Gasteiger partial charge is 0.203 e. The van der Waals surface area contributed by atoms with Crippen LogP contribution < -0.4 is 0 Å². The Bertz CT molecular complexity index is 638. The van der Waals surface area contributed by atoms with E-state index in [-0.39, 0.29) is 0 Å². The fraction of sp³-hybridized carbons (Fsp3) is 0.412. The van der Waals surface area contributed by atoms with E-state index >= 15 is 0 Å². The van der Waals surface area contributed by atoms with Crippen molar-refractivity contribution in [2.45, 2.75) is 19.5 Å². The molecule has 5 heteroatoms. The number of rotatable bonds is 4. The third-order valence-corrected chi connectivity index (χ3v) is 4.22. The van der Waals surface area contributed by atoms with Crippen LogP contribution in [-0.2, 0) is 6.54 Å². The molecule has 0 unspecified atom stereocenters. The molecule has 2 aromatic rings. The van der Waals surface area contributed by atoms with Gasteiger partial charge in [-0.25, -0.2) is 0 Å². The summed E-state index contributed by atoms with van der Waals surface area (Å²) in [7, 11) is 0. The standard InChI is InChI=1S/C17H20N4O/c1-14(17-4-2-3-7-19-17)21-10-8-20(9-11-21)13-16-6-5-15(12-18)22-16/h2-7,14H,8-11,13H2,1H3/t14-/m0/s1. The summed E-state index contributed by atoms with van der Waals surface area (Å²) in [6, 6.07) is 12.1. The lowest BCUT2D eigenvalue weighted by Crippen LogP contribution is -2.46. The lowest BCUT2D eigenvalue weighted by molar-refractivity contribution is 0.0919. The van der Waals surface area contributed by atoms with Crippen molar-refractivity contribution in [3.05, 3.63) is 53.7 Å². The van der Waals surface area contributed by atoms with Crippen LogP contribution in [0.3, 0.4) is 0 Å². The molecule has 1 saturated heterocycles. The quantitative estimate of drug-likeness (QED) is 0.867. The van der Waals surface area contributed by atoms with E-state index in [0.29, 0.717) is 11.8 Å². The first kappa shape index (κ1) is 14.8. The Morgan fingerprint density at radius 3 is 2.68 bits per heavy atom. The van der Waals surface area contributed by atoms with Crippen LogP contribution in [0.2, 0.25) is 0 Å². The van der Waals surface area contributed by atoms with Crippen molar-refractivity contribution in [1.29, 1.82) is 5.26 Å². The molecular weight excluding hydrogens is 276 g/mol. The first-order valence-corrected chi connectivity index (χ1v) is 7.62. The summed E-state index contributed by atoms with van der Waals surface area (Å²) in [4.78, 5) is 9.27. The minimum Gasteiger partial charge on any atom is -0.449 e. The maximum absolute atomic E-state index is 8.79. The number of hydrogen-bond acceptors (Lipinski definition) is 5. The molecule has 1 aliphatic heterocycles. The minimum atomic E-state index is 0.345. The highest BCUT2D eigenvalue weighted by molar-refractivity contribution is 5.19. The highest BCUT2D eigenvalue weighted by atomic mass is 16.3. The molecular formula is C17H20N4O. The van der Waals surface area contributed by atoms with Gasteiger partial charge in [0.25, 0.3) is 0 Å². The lowest BCUT2D eigenvalue weighted by Gasteiger charge is -2.37. The number of nitriles is 1. The van der Waals surface area contributed by atoms with E-state index in [9.17, 15) is 0 Å². The van der Waals surface area contributed by atoms with Crippen molar-refractivity contribution in [1.82, 2.24) is 14.8 Å². The van der Waals surface area contributed by atoms with Gasteiger partial charge >= 0.3 is 0 Å². The molecule has 0 aliphatic carbocycles. The summed E-state index contributed by atoms with van der Waals surface area (Å²) in [5.74, 6) is 1.25. The topological polar surface area (TPSA) is 56.3 Å². The fourth-order valence-electron chi connectivity index (χ4n) is 2.86. The van der Waals surface area contributed by atoms with Crippen LogP contribution in [0.1, 0.15) is 30.2 Å². The van der Waals surface area contributed by atoms with Crippen molar-refractivity contribution in [3.8, 4) is 6.07 Å². The second-order valence-corrected chi connectivity index (χ2v) is 5.62.